The molecule has 0 aliphatic carbocycles. The van der Waals surface area contributed by atoms with Crippen LogP contribution in [0.1, 0.15) is 38.5 Å². The lowest BCUT2D eigenvalue weighted by Gasteiger charge is -2.32. The zero-order chi connectivity index (χ0) is 25.8. The van der Waals surface area contributed by atoms with E-state index in [-0.39, 0.29) is 25.3 Å². The molecule has 0 radical (unpaired) electrons. The number of carbonyl (C=O) groups excluding carboxylic acids is 5. The maximum Gasteiger partial charge on any atom is 0.305 e. The van der Waals surface area contributed by atoms with Crippen molar-refractivity contribution in [2.45, 2.75) is 62.2 Å². The van der Waals surface area contributed by atoms with E-state index in [4.69, 9.17) is 16.6 Å². The lowest BCUT2D eigenvalue weighted by molar-refractivity contribution is -0.141. The van der Waals surface area contributed by atoms with Gasteiger partial charge < -0.3 is 42.7 Å². The average Bonchev–Trinajstić information content (AvgIpc) is 3.31. The van der Waals surface area contributed by atoms with Crippen LogP contribution < -0.4 is 32.7 Å². The number of guanidine groups is 1. The topological polar surface area (TPSA) is 238 Å². The molecule has 15 nitrogen and oxygen atoms in total. The minimum absolute atomic E-state index is 0.0422. The number of carbonyl (C=O) groups is 6. The van der Waals surface area contributed by atoms with E-state index >= 15 is 0 Å². The summed E-state index contributed by atoms with van der Waals surface area (Å²) in [6.07, 6.45) is 0.640. The quantitative estimate of drug-likeness (QED) is 0.108. The van der Waals surface area contributed by atoms with Crippen LogP contribution in [0.5, 0.6) is 0 Å². The number of carboxylic acids is 1. The normalized spacial score (nSPS) is 29.3. The molecular formula is C20H30N8O7. The van der Waals surface area contributed by atoms with Crippen LogP contribution in [0.25, 0.3) is 0 Å². The zero-order valence-electron chi connectivity index (χ0n) is 19.0. The van der Waals surface area contributed by atoms with Crippen molar-refractivity contribution in [2.75, 3.05) is 19.6 Å². The van der Waals surface area contributed by atoms with Crippen LogP contribution in [0, 0.1) is 0 Å². The maximum atomic E-state index is 13.4. The minimum atomic E-state index is -1.47. The number of hydrogen-bond donors (Lipinski definition) is 7. The highest BCUT2D eigenvalue weighted by Gasteiger charge is 2.58. The van der Waals surface area contributed by atoms with Crippen molar-refractivity contribution >= 4 is 41.5 Å². The van der Waals surface area contributed by atoms with Gasteiger partial charge in [-0.2, -0.15) is 0 Å². The van der Waals surface area contributed by atoms with Crippen LogP contribution in [0.3, 0.4) is 0 Å². The summed E-state index contributed by atoms with van der Waals surface area (Å²) >= 11 is 0. The summed E-state index contributed by atoms with van der Waals surface area (Å²) in [6, 6.07) is -3.58. The van der Waals surface area contributed by atoms with E-state index in [0.717, 1.165) is 0 Å². The second-order valence-corrected chi connectivity index (χ2v) is 8.80. The van der Waals surface area contributed by atoms with Gasteiger partial charge in [-0.15, -0.1) is 0 Å². The van der Waals surface area contributed by atoms with Crippen LogP contribution in [-0.4, -0.2) is 94.8 Å². The van der Waals surface area contributed by atoms with Gasteiger partial charge in [0.25, 0.3) is 0 Å². The Hall–Kier alpha value is -3.91. The van der Waals surface area contributed by atoms with Gasteiger partial charge in [-0.05, 0) is 25.7 Å². The summed E-state index contributed by atoms with van der Waals surface area (Å²) in [5.74, 6) is -4.80. The van der Waals surface area contributed by atoms with E-state index in [1.54, 1.807) is 0 Å². The van der Waals surface area contributed by atoms with Crippen molar-refractivity contribution < 1.29 is 33.9 Å². The number of aliphatic imine (C=N–C) groups is 1. The summed E-state index contributed by atoms with van der Waals surface area (Å²) in [6.45, 7) is -0.0411. The number of hydrogen-bond acceptors (Lipinski definition) is 7. The Morgan fingerprint density at radius 1 is 1.09 bits per heavy atom. The van der Waals surface area contributed by atoms with E-state index in [1.165, 1.54) is 4.90 Å². The third-order valence-electron chi connectivity index (χ3n) is 6.35. The monoisotopic (exact) mass is 494 g/mol. The Bertz CT molecular complexity index is 950. The van der Waals surface area contributed by atoms with E-state index < -0.39 is 72.1 Å². The number of fused-ring (bicyclic) bond motifs is 1. The number of carboxylic acid groups (broad SMARTS) is 1. The fourth-order valence-electron chi connectivity index (χ4n) is 4.72. The standard InChI is InChI=1S/C20H30N8O7/c21-19(22)23-5-1-3-10-15(32)24-9-13(29)25-11(7-14(30)31)16(33)26-12-8-20(18(35)27-10)4-2-6-28(20)17(12)34/h10-12H,1-9H2,(H,24,32)(H,25,29)(H,26,33)(H,27,35)(H,30,31)(H4,21,22,23)/t10-,11-,12-,20-/m0/s1. The largest absolute Gasteiger partial charge is 0.481 e. The lowest BCUT2D eigenvalue weighted by Crippen LogP contribution is -2.58. The molecule has 0 unspecified atom stereocenters. The Labute approximate surface area is 200 Å². The number of rotatable bonds is 6. The Morgan fingerprint density at radius 2 is 1.83 bits per heavy atom. The number of amides is 5. The molecule has 3 heterocycles. The number of aliphatic carboxylic acids is 1. The van der Waals surface area contributed by atoms with Crippen molar-refractivity contribution in [3.05, 3.63) is 0 Å². The summed E-state index contributed by atoms with van der Waals surface area (Å²) in [7, 11) is 0. The SMILES string of the molecule is NC(N)=NCCC[C@@H]1NC(=O)[C@@]23CCCN2C(=O)[C@H](C3)NC(=O)[C@H](CC(=O)O)NC(=O)CNC1=O. The molecule has 35 heavy (non-hydrogen) atoms. The van der Waals surface area contributed by atoms with E-state index in [2.05, 4.69) is 26.3 Å². The summed E-state index contributed by atoms with van der Waals surface area (Å²) in [5, 5.41) is 19.0. The first-order valence-corrected chi connectivity index (χ1v) is 11.3. The van der Waals surface area contributed by atoms with Crippen LogP contribution in [0.4, 0.5) is 0 Å². The molecule has 1 spiro atoms. The molecule has 0 aromatic heterocycles. The van der Waals surface area contributed by atoms with E-state index in [9.17, 15) is 28.8 Å². The van der Waals surface area contributed by atoms with E-state index in [1.807, 2.05) is 0 Å². The smallest absolute Gasteiger partial charge is 0.305 e. The highest BCUT2D eigenvalue weighted by atomic mass is 16.4. The molecule has 2 bridgehead atoms. The van der Waals surface area contributed by atoms with Crippen LogP contribution in [0.15, 0.2) is 4.99 Å². The molecule has 0 saturated carbocycles. The lowest BCUT2D eigenvalue weighted by atomic mass is 9.90. The molecule has 5 amide bonds. The van der Waals surface area contributed by atoms with Gasteiger partial charge >= 0.3 is 5.97 Å². The van der Waals surface area contributed by atoms with Gasteiger partial charge in [0.1, 0.15) is 23.7 Å². The molecule has 3 rings (SSSR count). The van der Waals surface area contributed by atoms with Gasteiger partial charge in [0.15, 0.2) is 5.96 Å². The Kier molecular flexibility index (Phi) is 7.76. The first kappa shape index (κ1) is 25.7. The second kappa shape index (κ2) is 10.6. The summed E-state index contributed by atoms with van der Waals surface area (Å²) in [4.78, 5) is 80.8. The highest BCUT2D eigenvalue weighted by molar-refractivity contribution is 6.02. The predicted molar refractivity (Wildman–Crippen MR) is 119 cm³/mol. The first-order chi connectivity index (χ1) is 16.5. The molecule has 3 aliphatic rings. The number of nitrogens with two attached hydrogens (primary N) is 2. The number of nitrogens with one attached hydrogen (secondary N) is 4. The van der Waals surface area contributed by atoms with Crippen molar-refractivity contribution in [1.29, 1.82) is 0 Å². The van der Waals surface area contributed by atoms with Crippen molar-refractivity contribution in [2.24, 2.45) is 16.5 Å². The van der Waals surface area contributed by atoms with Gasteiger partial charge in [0, 0.05) is 19.5 Å². The molecule has 4 atom stereocenters. The van der Waals surface area contributed by atoms with Crippen LogP contribution in [0.2, 0.25) is 0 Å². The molecule has 3 saturated heterocycles. The Morgan fingerprint density at radius 3 is 2.51 bits per heavy atom. The fraction of sp³-hybridized carbons (Fsp3) is 0.650. The highest BCUT2D eigenvalue weighted by Crippen LogP contribution is 2.40. The second-order valence-electron chi connectivity index (χ2n) is 8.80. The van der Waals surface area contributed by atoms with Gasteiger partial charge in [-0.25, -0.2) is 0 Å². The number of nitrogens with zero attached hydrogens (tertiary/aromatic N) is 2. The third kappa shape index (κ3) is 5.78. The average molecular weight is 495 g/mol. The maximum absolute atomic E-state index is 13.4. The molecule has 0 aromatic rings. The minimum Gasteiger partial charge on any atom is -0.481 e. The molecule has 0 aromatic carbocycles. The van der Waals surface area contributed by atoms with Gasteiger partial charge in [-0.1, -0.05) is 0 Å². The van der Waals surface area contributed by atoms with Gasteiger partial charge in [0.2, 0.25) is 29.5 Å². The zero-order valence-corrected chi connectivity index (χ0v) is 19.0. The van der Waals surface area contributed by atoms with Gasteiger partial charge in [-0.3, -0.25) is 33.8 Å². The van der Waals surface area contributed by atoms with Crippen LogP contribution >= 0.6 is 0 Å². The van der Waals surface area contributed by atoms with Crippen molar-refractivity contribution in [3.63, 3.8) is 0 Å². The van der Waals surface area contributed by atoms with Crippen LogP contribution in [-0.2, 0) is 28.8 Å². The predicted octanol–water partition coefficient (Wildman–Crippen LogP) is -4.14. The first-order valence-electron chi connectivity index (χ1n) is 11.3. The molecule has 3 aliphatic heterocycles. The van der Waals surface area contributed by atoms with Crippen molar-refractivity contribution in [1.82, 2.24) is 26.2 Å². The molecule has 3 fully saturated rings. The summed E-state index contributed by atoms with van der Waals surface area (Å²) < 4.78 is 0. The third-order valence-corrected chi connectivity index (χ3v) is 6.35. The summed E-state index contributed by atoms with van der Waals surface area (Å²) in [5.41, 5.74) is 9.38. The fourth-order valence-corrected chi connectivity index (χ4v) is 4.72. The molecule has 192 valence electrons. The molecule has 9 N–H and O–H groups in total. The van der Waals surface area contributed by atoms with E-state index in [0.29, 0.717) is 25.8 Å². The van der Waals surface area contributed by atoms with Gasteiger partial charge in [0.05, 0.1) is 13.0 Å². The Balaban J connectivity index is 1.88. The van der Waals surface area contributed by atoms with Crippen molar-refractivity contribution in [3.8, 4) is 0 Å². The molecular weight excluding hydrogens is 464 g/mol. The molecule has 15 heteroatoms.